The maximum absolute atomic E-state index is 2.38. The maximum Gasteiger partial charge on any atom is -0.00201 e. The van der Waals surface area contributed by atoms with E-state index in [1.54, 1.807) is 16.7 Å². The van der Waals surface area contributed by atoms with Crippen molar-refractivity contribution in [1.29, 1.82) is 0 Å². The minimum atomic E-state index is 0.656. The second-order valence-corrected chi connectivity index (χ2v) is 6.51. The number of benzene rings is 2. The van der Waals surface area contributed by atoms with Crippen molar-refractivity contribution < 1.29 is 0 Å². The largest absolute Gasteiger partial charge is 0.0648 e. The fourth-order valence-corrected chi connectivity index (χ4v) is 3.41. The molecule has 1 aliphatic rings. The summed E-state index contributed by atoms with van der Waals surface area (Å²) in [6, 6.07) is 18.0. The van der Waals surface area contributed by atoms with E-state index in [0.29, 0.717) is 5.92 Å². The van der Waals surface area contributed by atoms with Crippen molar-refractivity contribution in [3.05, 3.63) is 70.8 Å². The first-order valence-electron chi connectivity index (χ1n) is 8.45. The van der Waals surface area contributed by atoms with Gasteiger partial charge in [-0.3, -0.25) is 0 Å². The molecule has 2 aromatic rings. The van der Waals surface area contributed by atoms with Gasteiger partial charge in [-0.2, -0.15) is 0 Å². The van der Waals surface area contributed by atoms with Gasteiger partial charge >= 0.3 is 0 Å². The van der Waals surface area contributed by atoms with Gasteiger partial charge in [0.15, 0.2) is 0 Å². The van der Waals surface area contributed by atoms with Crippen LogP contribution in [0, 0.1) is 0 Å². The quantitative estimate of drug-likeness (QED) is 0.623. The van der Waals surface area contributed by atoms with Crippen LogP contribution in [-0.4, -0.2) is 0 Å². The molecule has 0 amide bonds. The Morgan fingerprint density at radius 2 is 1.76 bits per heavy atom. The van der Waals surface area contributed by atoms with Crippen molar-refractivity contribution in [2.45, 2.75) is 57.8 Å². The van der Waals surface area contributed by atoms with Crippen LogP contribution in [0.4, 0.5) is 0 Å². The first-order valence-corrected chi connectivity index (χ1v) is 8.45. The van der Waals surface area contributed by atoms with E-state index in [0.717, 1.165) is 12.3 Å². The second kappa shape index (κ2) is 6.47. The van der Waals surface area contributed by atoms with Crippen LogP contribution in [0.5, 0.6) is 0 Å². The Kier molecular flexibility index (Phi) is 4.43. The van der Waals surface area contributed by atoms with Crippen LogP contribution in [-0.2, 0) is 6.42 Å². The molecule has 110 valence electrons. The van der Waals surface area contributed by atoms with Gasteiger partial charge in [-0.05, 0) is 59.8 Å². The molecule has 0 N–H and O–H groups in total. The van der Waals surface area contributed by atoms with Gasteiger partial charge < -0.3 is 0 Å². The van der Waals surface area contributed by atoms with Crippen molar-refractivity contribution in [1.82, 2.24) is 0 Å². The van der Waals surface area contributed by atoms with Crippen LogP contribution in [0.1, 0.15) is 73.6 Å². The van der Waals surface area contributed by atoms with E-state index in [2.05, 4.69) is 62.4 Å². The van der Waals surface area contributed by atoms with Crippen LogP contribution < -0.4 is 0 Å². The third-order valence-electron chi connectivity index (χ3n) is 5.16. The highest BCUT2D eigenvalue weighted by Crippen LogP contribution is 2.40. The molecule has 0 bridgehead atoms. The van der Waals surface area contributed by atoms with Gasteiger partial charge in [0, 0.05) is 0 Å². The highest BCUT2D eigenvalue weighted by atomic mass is 14.3. The number of rotatable bonds is 5. The lowest BCUT2D eigenvalue weighted by Gasteiger charge is -2.30. The fraction of sp³-hybridized carbons (Fsp3) is 0.429. The molecule has 0 aromatic heterocycles. The Bertz CT molecular complexity index is 555. The molecule has 1 unspecified atom stereocenters. The summed E-state index contributed by atoms with van der Waals surface area (Å²) in [5.74, 6) is 1.47. The van der Waals surface area contributed by atoms with Crippen molar-refractivity contribution in [2.75, 3.05) is 0 Å². The lowest BCUT2D eigenvalue weighted by Crippen LogP contribution is -2.13. The van der Waals surface area contributed by atoms with Gasteiger partial charge in [-0.25, -0.2) is 0 Å². The standard InChI is InChI=1S/C21H26/c1-3-16(2)19-13-8-14-20(18-11-7-12-18)21(19)15-17-9-5-4-6-10-17/h4-6,8-10,13-14,16,18H,3,7,11-12,15H2,1-2H3. The van der Waals surface area contributed by atoms with Gasteiger partial charge in [0.25, 0.3) is 0 Å². The fourth-order valence-electron chi connectivity index (χ4n) is 3.41. The van der Waals surface area contributed by atoms with E-state index in [-0.39, 0.29) is 0 Å². The molecule has 1 aliphatic carbocycles. The summed E-state index contributed by atoms with van der Waals surface area (Å²) in [7, 11) is 0. The van der Waals surface area contributed by atoms with E-state index < -0.39 is 0 Å². The lowest BCUT2D eigenvalue weighted by molar-refractivity contribution is 0.417. The van der Waals surface area contributed by atoms with E-state index in [1.165, 1.54) is 31.2 Å². The van der Waals surface area contributed by atoms with Gasteiger partial charge in [-0.15, -0.1) is 0 Å². The second-order valence-electron chi connectivity index (χ2n) is 6.51. The Morgan fingerprint density at radius 1 is 1.00 bits per heavy atom. The minimum Gasteiger partial charge on any atom is -0.0648 e. The third-order valence-corrected chi connectivity index (χ3v) is 5.16. The zero-order valence-electron chi connectivity index (χ0n) is 13.3. The molecular formula is C21H26. The van der Waals surface area contributed by atoms with Crippen LogP contribution in [0.3, 0.4) is 0 Å². The summed E-state index contributed by atoms with van der Waals surface area (Å²) in [4.78, 5) is 0. The topological polar surface area (TPSA) is 0 Å². The molecule has 0 heteroatoms. The molecule has 21 heavy (non-hydrogen) atoms. The molecule has 1 atom stereocenters. The lowest BCUT2D eigenvalue weighted by atomic mass is 9.75. The summed E-state index contributed by atoms with van der Waals surface area (Å²) in [5, 5.41) is 0. The third kappa shape index (κ3) is 3.05. The summed E-state index contributed by atoms with van der Waals surface area (Å²) in [6.45, 7) is 4.67. The van der Waals surface area contributed by atoms with Gasteiger partial charge in [-0.1, -0.05) is 68.8 Å². The van der Waals surface area contributed by atoms with Crippen molar-refractivity contribution >= 4 is 0 Å². The highest BCUT2D eigenvalue weighted by molar-refractivity contribution is 5.43. The molecule has 0 nitrogen and oxygen atoms in total. The Hall–Kier alpha value is -1.56. The van der Waals surface area contributed by atoms with Gasteiger partial charge in [0.05, 0.1) is 0 Å². The first-order chi connectivity index (χ1) is 10.3. The highest BCUT2D eigenvalue weighted by Gasteiger charge is 2.24. The molecule has 0 saturated heterocycles. The summed E-state index contributed by atoms with van der Waals surface area (Å²) in [6.07, 6.45) is 6.48. The van der Waals surface area contributed by atoms with Crippen molar-refractivity contribution in [3.63, 3.8) is 0 Å². The molecule has 2 aromatic carbocycles. The van der Waals surface area contributed by atoms with Crippen LogP contribution in [0.2, 0.25) is 0 Å². The SMILES string of the molecule is CCC(C)c1cccc(C2CCC2)c1Cc1ccccc1. The zero-order valence-corrected chi connectivity index (χ0v) is 13.3. The zero-order chi connectivity index (χ0) is 14.7. The number of hydrogen-bond acceptors (Lipinski definition) is 0. The monoisotopic (exact) mass is 278 g/mol. The number of hydrogen-bond donors (Lipinski definition) is 0. The maximum atomic E-state index is 2.38. The average Bonchev–Trinajstić information content (AvgIpc) is 2.47. The normalized spacial score (nSPS) is 16.5. The van der Waals surface area contributed by atoms with Crippen molar-refractivity contribution in [3.8, 4) is 0 Å². The molecule has 0 spiro atoms. The molecule has 0 aliphatic heterocycles. The Morgan fingerprint density at radius 3 is 2.38 bits per heavy atom. The van der Waals surface area contributed by atoms with Crippen molar-refractivity contribution in [2.24, 2.45) is 0 Å². The summed E-state index contributed by atoms with van der Waals surface area (Å²) in [5.41, 5.74) is 6.25. The molecule has 0 radical (unpaired) electrons. The molecule has 1 saturated carbocycles. The van der Waals surface area contributed by atoms with Crippen LogP contribution >= 0.6 is 0 Å². The van der Waals surface area contributed by atoms with E-state index in [1.807, 2.05) is 0 Å². The molecule has 1 fully saturated rings. The Labute approximate surface area is 129 Å². The first kappa shape index (κ1) is 14.4. The van der Waals surface area contributed by atoms with E-state index >= 15 is 0 Å². The van der Waals surface area contributed by atoms with Gasteiger partial charge in [0.1, 0.15) is 0 Å². The average molecular weight is 278 g/mol. The predicted molar refractivity (Wildman–Crippen MR) is 91.0 cm³/mol. The molecular weight excluding hydrogens is 252 g/mol. The molecule has 3 rings (SSSR count). The van der Waals surface area contributed by atoms with Crippen LogP contribution in [0.25, 0.3) is 0 Å². The molecule has 0 heterocycles. The summed E-state index contributed by atoms with van der Waals surface area (Å²) < 4.78 is 0. The van der Waals surface area contributed by atoms with E-state index in [9.17, 15) is 0 Å². The predicted octanol–water partition coefficient (Wildman–Crippen LogP) is 6.06. The van der Waals surface area contributed by atoms with Gasteiger partial charge in [0.2, 0.25) is 0 Å². The van der Waals surface area contributed by atoms with Crippen LogP contribution in [0.15, 0.2) is 48.5 Å². The van der Waals surface area contributed by atoms with E-state index in [4.69, 9.17) is 0 Å². The smallest absolute Gasteiger partial charge is 0.00201 e. The Balaban J connectivity index is 2.00. The minimum absolute atomic E-state index is 0.656. The summed E-state index contributed by atoms with van der Waals surface area (Å²) >= 11 is 0.